The summed E-state index contributed by atoms with van der Waals surface area (Å²) >= 11 is 0. The molecule has 0 fully saturated rings. The molecule has 0 saturated heterocycles. The van der Waals surface area contributed by atoms with E-state index >= 15 is 0 Å². The highest BCUT2D eigenvalue weighted by molar-refractivity contribution is 6.03. The number of hydrogen-bond acceptors (Lipinski definition) is 5. The van der Waals surface area contributed by atoms with E-state index in [4.69, 9.17) is 0 Å². The summed E-state index contributed by atoms with van der Waals surface area (Å²) in [6.45, 7) is 0. The van der Waals surface area contributed by atoms with Crippen molar-refractivity contribution in [1.29, 1.82) is 0 Å². The van der Waals surface area contributed by atoms with Crippen molar-refractivity contribution in [3.05, 3.63) is 78.0 Å². The van der Waals surface area contributed by atoms with E-state index in [-0.39, 0.29) is 17.4 Å². The number of rotatable bonds is 4. The number of aliphatic imine (C=N–C) groups is 1. The van der Waals surface area contributed by atoms with E-state index < -0.39 is 0 Å². The first-order valence-electron chi connectivity index (χ1n) is 7.50. The smallest absolute Gasteiger partial charge is 0.256 e. The van der Waals surface area contributed by atoms with Crippen LogP contribution in [0.2, 0.25) is 0 Å². The summed E-state index contributed by atoms with van der Waals surface area (Å²) in [4.78, 5) is 20.4. The third-order valence-corrected chi connectivity index (χ3v) is 3.40. The Balaban J connectivity index is 1.69. The number of pyridine rings is 1. The first-order chi connectivity index (χ1) is 12.1. The second kappa shape index (κ2) is 7.27. The molecule has 1 amide bonds. The van der Waals surface area contributed by atoms with Crippen LogP contribution in [0.5, 0.6) is 11.5 Å². The lowest BCUT2D eigenvalue weighted by Gasteiger charge is -2.04. The number of carbonyl (C=O) groups excluding carboxylic acids is 1. The summed E-state index contributed by atoms with van der Waals surface area (Å²) in [5.74, 6) is 0.149. The molecular formula is C19H15N3O3. The number of phenolic OH excluding ortho intramolecular Hbond substituents is 2. The Morgan fingerprint density at radius 3 is 2.52 bits per heavy atom. The summed E-state index contributed by atoms with van der Waals surface area (Å²) in [5.41, 5.74) is 1.59. The minimum absolute atomic E-state index is 0.0158. The van der Waals surface area contributed by atoms with Crippen molar-refractivity contribution < 1.29 is 15.0 Å². The molecule has 3 aromatic rings. The highest BCUT2D eigenvalue weighted by Crippen LogP contribution is 2.22. The molecule has 0 aliphatic carbocycles. The van der Waals surface area contributed by atoms with Gasteiger partial charge >= 0.3 is 0 Å². The monoisotopic (exact) mass is 333 g/mol. The second-order valence-electron chi connectivity index (χ2n) is 5.22. The van der Waals surface area contributed by atoms with Crippen LogP contribution >= 0.6 is 0 Å². The predicted octanol–water partition coefficient (Wildman–Crippen LogP) is 3.50. The lowest BCUT2D eigenvalue weighted by atomic mass is 10.2. The molecule has 0 aliphatic heterocycles. The molecule has 0 aliphatic rings. The summed E-state index contributed by atoms with van der Waals surface area (Å²) < 4.78 is 0. The molecule has 6 nitrogen and oxygen atoms in total. The quantitative estimate of drug-likeness (QED) is 0.637. The number of phenols is 2. The van der Waals surface area contributed by atoms with Gasteiger partial charge in [0.1, 0.15) is 17.3 Å². The molecule has 124 valence electrons. The van der Waals surface area contributed by atoms with Gasteiger partial charge < -0.3 is 15.5 Å². The van der Waals surface area contributed by atoms with Crippen LogP contribution in [0.3, 0.4) is 0 Å². The van der Waals surface area contributed by atoms with Crippen molar-refractivity contribution in [2.45, 2.75) is 0 Å². The van der Waals surface area contributed by atoms with E-state index in [1.807, 2.05) is 0 Å². The van der Waals surface area contributed by atoms with Crippen molar-refractivity contribution >= 4 is 23.6 Å². The van der Waals surface area contributed by atoms with Crippen molar-refractivity contribution in [3.8, 4) is 11.5 Å². The van der Waals surface area contributed by atoms with Gasteiger partial charge in [0.05, 0.1) is 5.69 Å². The number of anilines is 1. The maximum absolute atomic E-state index is 12.1. The molecule has 0 radical (unpaired) electrons. The van der Waals surface area contributed by atoms with Crippen LogP contribution in [-0.2, 0) is 0 Å². The first-order valence-corrected chi connectivity index (χ1v) is 7.50. The topological polar surface area (TPSA) is 94.8 Å². The zero-order chi connectivity index (χ0) is 17.6. The fraction of sp³-hybridized carbons (Fsp3) is 0. The Morgan fingerprint density at radius 2 is 1.84 bits per heavy atom. The number of nitrogens with zero attached hydrogens (tertiary/aromatic N) is 2. The van der Waals surface area contributed by atoms with E-state index in [0.29, 0.717) is 22.6 Å². The standard InChI is InChI=1S/C19H15N3O3/c23-16-9-6-14(17(24)11-16)12-21-15-7-4-13(5-8-15)19(25)22-18-3-1-2-10-20-18/h1-12,23-24H,(H,20,22,25). The fourth-order valence-electron chi connectivity index (χ4n) is 2.11. The predicted molar refractivity (Wildman–Crippen MR) is 95.7 cm³/mol. The third-order valence-electron chi connectivity index (χ3n) is 3.40. The Labute approximate surface area is 144 Å². The van der Waals surface area contributed by atoms with E-state index in [1.165, 1.54) is 18.3 Å². The minimum Gasteiger partial charge on any atom is -0.508 e. The summed E-state index contributed by atoms with van der Waals surface area (Å²) in [6, 6.07) is 16.2. The van der Waals surface area contributed by atoms with Crippen LogP contribution in [0.4, 0.5) is 11.5 Å². The normalized spacial score (nSPS) is 10.7. The Bertz CT molecular complexity index is 907. The van der Waals surface area contributed by atoms with Gasteiger partial charge in [-0.25, -0.2) is 4.98 Å². The van der Waals surface area contributed by atoms with Crippen LogP contribution in [0.1, 0.15) is 15.9 Å². The number of aromatic hydroxyl groups is 2. The van der Waals surface area contributed by atoms with Gasteiger partial charge in [-0.15, -0.1) is 0 Å². The lowest BCUT2D eigenvalue weighted by Crippen LogP contribution is -2.12. The van der Waals surface area contributed by atoms with E-state index in [9.17, 15) is 15.0 Å². The second-order valence-corrected chi connectivity index (χ2v) is 5.22. The summed E-state index contributed by atoms with van der Waals surface area (Å²) in [6.07, 6.45) is 3.09. The molecule has 0 unspecified atom stereocenters. The zero-order valence-electron chi connectivity index (χ0n) is 13.1. The van der Waals surface area contributed by atoms with Crippen molar-refractivity contribution in [3.63, 3.8) is 0 Å². The van der Waals surface area contributed by atoms with Gasteiger partial charge in [0, 0.05) is 29.6 Å². The van der Waals surface area contributed by atoms with Gasteiger partial charge in [0.25, 0.3) is 5.91 Å². The van der Waals surface area contributed by atoms with Crippen molar-refractivity contribution in [2.75, 3.05) is 5.32 Å². The average Bonchev–Trinajstić information content (AvgIpc) is 2.62. The molecule has 25 heavy (non-hydrogen) atoms. The van der Waals surface area contributed by atoms with E-state index in [1.54, 1.807) is 54.7 Å². The molecular weight excluding hydrogens is 318 g/mol. The number of hydrogen-bond donors (Lipinski definition) is 3. The number of amides is 1. The molecule has 1 heterocycles. The third kappa shape index (κ3) is 4.20. The van der Waals surface area contributed by atoms with Crippen LogP contribution in [0.15, 0.2) is 71.9 Å². The summed E-state index contributed by atoms with van der Waals surface area (Å²) in [7, 11) is 0. The van der Waals surface area contributed by atoms with Gasteiger partial charge in [0.2, 0.25) is 0 Å². The van der Waals surface area contributed by atoms with Gasteiger partial charge in [-0.1, -0.05) is 6.07 Å². The summed E-state index contributed by atoms with van der Waals surface area (Å²) in [5, 5.41) is 21.7. The van der Waals surface area contributed by atoms with Crippen LogP contribution < -0.4 is 5.32 Å². The van der Waals surface area contributed by atoms with Crippen molar-refractivity contribution in [1.82, 2.24) is 4.98 Å². The highest BCUT2D eigenvalue weighted by atomic mass is 16.3. The average molecular weight is 333 g/mol. The number of aromatic nitrogens is 1. The highest BCUT2D eigenvalue weighted by Gasteiger charge is 2.06. The lowest BCUT2D eigenvalue weighted by molar-refractivity contribution is 0.102. The number of carbonyl (C=O) groups is 1. The van der Waals surface area contributed by atoms with Gasteiger partial charge in [-0.05, 0) is 48.5 Å². The molecule has 0 saturated carbocycles. The maximum Gasteiger partial charge on any atom is 0.256 e. The minimum atomic E-state index is -0.259. The number of benzene rings is 2. The molecule has 0 spiro atoms. The number of nitrogens with one attached hydrogen (secondary N) is 1. The largest absolute Gasteiger partial charge is 0.508 e. The zero-order valence-corrected chi connectivity index (χ0v) is 13.1. The van der Waals surface area contributed by atoms with Gasteiger partial charge in [-0.2, -0.15) is 0 Å². The van der Waals surface area contributed by atoms with Crippen molar-refractivity contribution in [2.24, 2.45) is 4.99 Å². The van der Waals surface area contributed by atoms with Crippen LogP contribution in [0.25, 0.3) is 0 Å². The molecule has 2 aromatic carbocycles. The Hall–Kier alpha value is -3.67. The SMILES string of the molecule is O=C(Nc1ccccn1)c1ccc(N=Cc2ccc(O)cc2O)cc1. The molecule has 0 bridgehead atoms. The van der Waals surface area contributed by atoms with Crippen LogP contribution in [-0.4, -0.2) is 27.3 Å². The first kappa shape index (κ1) is 16.2. The van der Waals surface area contributed by atoms with Crippen LogP contribution in [0, 0.1) is 0 Å². The molecule has 3 rings (SSSR count). The fourth-order valence-corrected chi connectivity index (χ4v) is 2.11. The van der Waals surface area contributed by atoms with E-state index in [0.717, 1.165) is 0 Å². The van der Waals surface area contributed by atoms with Gasteiger partial charge in [-0.3, -0.25) is 9.79 Å². The van der Waals surface area contributed by atoms with E-state index in [2.05, 4.69) is 15.3 Å². The maximum atomic E-state index is 12.1. The molecule has 1 aromatic heterocycles. The molecule has 3 N–H and O–H groups in total. The molecule has 0 atom stereocenters. The van der Waals surface area contributed by atoms with Gasteiger partial charge in [0.15, 0.2) is 0 Å². The molecule has 6 heteroatoms. The Morgan fingerprint density at radius 1 is 1.04 bits per heavy atom. The Kier molecular flexibility index (Phi) is 4.71.